The summed E-state index contributed by atoms with van der Waals surface area (Å²) in [6, 6.07) is 20.2. The summed E-state index contributed by atoms with van der Waals surface area (Å²) in [7, 11) is 1.62. The van der Waals surface area contributed by atoms with E-state index >= 15 is 0 Å². The van der Waals surface area contributed by atoms with Gasteiger partial charge in [0.25, 0.3) is 0 Å². The molecule has 0 unspecified atom stereocenters. The van der Waals surface area contributed by atoms with Gasteiger partial charge in [-0.1, -0.05) is 66.2 Å². The number of methoxy groups -OCH3 is 1. The van der Waals surface area contributed by atoms with Gasteiger partial charge in [0.2, 0.25) is 0 Å². The van der Waals surface area contributed by atoms with Gasteiger partial charge in [-0.15, -0.1) is 5.92 Å². The van der Waals surface area contributed by atoms with E-state index in [1.54, 1.807) is 7.11 Å². The Morgan fingerprint density at radius 1 is 0.952 bits per heavy atom. The minimum absolute atomic E-state index is 0. The van der Waals surface area contributed by atoms with Crippen molar-refractivity contribution >= 4 is 0 Å². The van der Waals surface area contributed by atoms with Crippen molar-refractivity contribution in [3.05, 3.63) is 84.4 Å². The summed E-state index contributed by atoms with van der Waals surface area (Å²) in [6.07, 6.45) is 2.94. The fourth-order valence-corrected chi connectivity index (χ4v) is 2.23. The molecule has 0 amide bonds. The number of rotatable bonds is 7. The molecule has 0 radical (unpaired) electrons. The predicted molar refractivity (Wildman–Crippen MR) is 80.2 cm³/mol. The standard InChI is InChI=1S/C18H19O2.Li/c1-3-17(15-10-6-4-7-11-15)18(20-14-19-2)16-12-8-5-9-13-16;/h4-13,17-18H,1,14H2,2H3;/q-1;+1/t17-,18-;/m1./s1. The molecule has 3 heteroatoms. The van der Waals surface area contributed by atoms with E-state index in [-0.39, 0.29) is 37.7 Å². The molecule has 2 atom stereocenters. The molecule has 0 aliphatic rings. The molecule has 2 aromatic carbocycles. The first kappa shape index (κ1) is 17.7. The molecule has 0 fully saturated rings. The number of hydrogen-bond acceptors (Lipinski definition) is 2. The average Bonchev–Trinajstić information content (AvgIpc) is 2.53. The Bertz CT molecular complexity index is 513. The summed E-state index contributed by atoms with van der Waals surface area (Å²) in [6.45, 7) is 4.09. The first-order valence-electron chi connectivity index (χ1n) is 6.60. The molecule has 21 heavy (non-hydrogen) atoms. The van der Waals surface area contributed by atoms with Gasteiger partial charge in [0.15, 0.2) is 0 Å². The van der Waals surface area contributed by atoms with Crippen molar-refractivity contribution in [3.8, 4) is 0 Å². The third-order valence-electron chi connectivity index (χ3n) is 3.17. The minimum atomic E-state index is -0.156. The molecule has 0 aliphatic heterocycles. The SMILES string of the molecule is C=[C-][C@H](c1ccccc1)[C@H](OCOC)c1ccccc1.[Li+]. The fraction of sp³-hybridized carbons (Fsp3) is 0.222. The molecule has 0 aromatic heterocycles. The van der Waals surface area contributed by atoms with Crippen molar-refractivity contribution in [3.63, 3.8) is 0 Å². The maximum Gasteiger partial charge on any atom is 1.00 e. The Morgan fingerprint density at radius 3 is 1.95 bits per heavy atom. The van der Waals surface area contributed by atoms with Crippen LogP contribution >= 0.6 is 0 Å². The van der Waals surface area contributed by atoms with Crippen molar-refractivity contribution in [2.45, 2.75) is 12.0 Å². The van der Waals surface area contributed by atoms with Crippen molar-refractivity contribution < 1.29 is 28.3 Å². The van der Waals surface area contributed by atoms with E-state index in [0.717, 1.165) is 11.1 Å². The van der Waals surface area contributed by atoms with Gasteiger partial charge in [0.1, 0.15) is 6.79 Å². The van der Waals surface area contributed by atoms with Crippen LogP contribution in [0.15, 0.2) is 67.2 Å². The van der Waals surface area contributed by atoms with Gasteiger partial charge in [-0.05, 0) is 5.56 Å². The van der Waals surface area contributed by atoms with Crippen LogP contribution in [0.3, 0.4) is 0 Å². The topological polar surface area (TPSA) is 18.5 Å². The van der Waals surface area contributed by atoms with Crippen LogP contribution < -0.4 is 18.9 Å². The van der Waals surface area contributed by atoms with Gasteiger partial charge in [-0.2, -0.15) is 0 Å². The molecule has 0 saturated carbocycles. The Hall–Kier alpha value is -1.30. The van der Waals surface area contributed by atoms with Crippen molar-refractivity contribution in [2.75, 3.05) is 13.9 Å². The van der Waals surface area contributed by atoms with Gasteiger partial charge >= 0.3 is 18.9 Å². The second kappa shape index (κ2) is 9.60. The summed E-state index contributed by atoms with van der Waals surface area (Å²) >= 11 is 0. The van der Waals surface area contributed by atoms with E-state index in [1.165, 1.54) is 0 Å². The molecule has 2 nitrogen and oxygen atoms in total. The van der Waals surface area contributed by atoms with Crippen LogP contribution in [0.25, 0.3) is 0 Å². The van der Waals surface area contributed by atoms with Crippen molar-refractivity contribution in [1.82, 2.24) is 0 Å². The Labute approximate surface area is 139 Å². The van der Waals surface area contributed by atoms with Crippen molar-refractivity contribution in [1.29, 1.82) is 0 Å². The van der Waals surface area contributed by atoms with E-state index < -0.39 is 0 Å². The van der Waals surface area contributed by atoms with Crippen LogP contribution in [0.2, 0.25) is 0 Å². The summed E-state index contributed by atoms with van der Waals surface area (Å²) in [4.78, 5) is 0. The van der Waals surface area contributed by atoms with Crippen LogP contribution in [0, 0.1) is 6.08 Å². The first-order valence-corrected chi connectivity index (χ1v) is 6.60. The van der Waals surface area contributed by atoms with E-state index in [1.807, 2.05) is 48.5 Å². The zero-order chi connectivity index (χ0) is 14.2. The van der Waals surface area contributed by atoms with Gasteiger partial charge in [0.05, 0.1) is 6.10 Å². The molecular formula is C18H19LiO2. The smallest absolute Gasteiger partial charge is 0.493 e. The molecule has 0 heterocycles. The zero-order valence-electron chi connectivity index (χ0n) is 12.7. The molecule has 2 rings (SSSR count). The summed E-state index contributed by atoms with van der Waals surface area (Å²) in [5.41, 5.74) is 2.22. The molecule has 104 valence electrons. The van der Waals surface area contributed by atoms with E-state index in [9.17, 15) is 0 Å². The van der Waals surface area contributed by atoms with Crippen molar-refractivity contribution in [2.24, 2.45) is 0 Å². The average molecular weight is 274 g/mol. The largest absolute Gasteiger partial charge is 1.00 e. The summed E-state index contributed by atoms with van der Waals surface area (Å²) < 4.78 is 10.9. The molecule has 0 aliphatic carbocycles. The van der Waals surface area contributed by atoms with Gasteiger partial charge in [-0.3, -0.25) is 6.58 Å². The predicted octanol–water partition coefficient (Wildman–Crippen LogP) is 1.13. The van der Waals surface area contributed by atoms with Crippen LogP contribution in [0.1, 0.15) is 23.1 Å². The zero-order valence-corrected chi connectivity index (χ0v) is 12.7. The third-order valence-corrected chi connectivity index (χ3v) is 3.17. The maximum atomic E-state index is 5.86. The first-order chi connectivity index (χ1) is 9.86. The minimum Gasteiger partial charge on any atom is -0.493 e. The summed E-state index contributed by atoms with van der Waals surface area (Å²) in [5, 5.41) is 0. The molecule has 0 spiro atoms. The molecular weight excluding hydrogens is 255 g/mol. The number of ether oxygens (including phenoxy) is 2. The Kier molecular flexibility index (Phi) is 8.11. The molecule has 0 bridgehead atoms. The van der Waals surface area contributed by atoms with Crippen LogP contribution in [-0.2, 0) is 9.47 Å². The van der Waals surface area contributed by atoms with Gasteiger partial charge < -0.3 is 15.5 Å². The fourth-order valence-electron chi connectivity index (χ4n) is 2.23. The van der Waals surface area contributed by atoms with Gasteiger partial charge in [0, 0.05) is 7.11 Å². The second-order valence-corrected chi connectivity index (χ2v) is 4.50. The van der Waals surface area contributed by atoms with Crippen LogP contribution in [0.5, 0.6) is 0 Å². The number of hydrogen-bond donors (Lipinski definition) is 0. The normalized spacial score (nSPS) is 13.0. The molecule has 0 saturated heterocycles. The Balaban J connectivity index is 0.00000220. The maximum absolute atomic E-state index is 5.86. The molecule has 0 N–H and O–H groups in total. The van der Waals surface area contributed by atoms with Crippen LogP contribution in [0.4, 0.5) is 0 Å². The Morgan fingerprint density at radius 2 is 1.48 bits per heavy atom. The van der Waals surface area contributed by atoms with E-state index in [0.29, 0.717) is 0 Å². The van der Waals surface area contributed by atoms with E-state index in [2.05, 4.69) is 24.8 Å². The van der Waals surface area contributed by atoms with E-state index in [4.69, 9.17) is 9.47 Å². The second-order valence-electron chi connectivity index (χ2n) is 4.50. The van der Waals surface area contributed by atoms with Crippen LogP contribution in [-0.4, -0.2) is 13.9 Å². The molecule has 2 aromatic rings. The van der Waals surface area contributed by atoms with Gasteiger partial charge in [-0.25, -0.2) is 0 Å². The quantitative estimate of drug-likeness (QED) is 0.428. The summed E-state index contributed by atoms with van der Waals surface area (Å²) in [5.74, 6) is -0.0336. The number of benzene rings is 2. The third kappa shape index (κ3) is 4.88. The monoisotopic (exact) mass is 274 g/mol.